The highest BCUT2D eigenvalue weighted by molar-refractivity contribution is 5.35. The van der Waals surface area contributed by atoms with Gasteiger partial charge in [0.1, 0.15) is 11.9 Å². The van der Waals surface area contributed by atoms with E-state index < -0.39 is 12.4 Å². The molecule has 0 bridgehead atoms. The quantitative estimate of drug-likeness (QED) is 0.750. The number of hydrogen-bond donors (Lipinski definition) is 1. The van der Waals surface area contributed by atoms with E-state index in [1.165, 1.54) is 14.2 Å². The SMILES string of the molecule is CCOc1ccccc1C(O)C(OC)OC. The smallest absolute Gasteiger partial charge is 0.187 e. The molecule has 0 amide bonds. The van der Waals surface area contributed by atoms with Crippen LogP contribution in [0.2, 0.25) is 0 Å². The minimum atomic E-state index is -0.863. The summed E-state index contributed by atoms with van der Waals surface area (Å²) in [6.45, 7) is 2.45. The molecule has 1 unspecified atom stereocenters. The first kappa shape index (κ1) is 13.0. The maximum absolute atomic E-state index is 10.1. The lowest BCUT2D eigenvalue weighted by atomic mass is 10.1. The van der Waals surface area contributed by atoms with E-state index >= 15 is 0 Å². The average molecular weight is 226 g/mol. The Balaban J connectivity index is 2.92. The summed E-state index contributed by atoms with van der Waals surface area (Å²) in [7, 11) is 2.97. The summed E-state index contributed by atoms with van der Waals surface area (Å²) in [5, 5.41) is 10.1. The van der Waals surface area contributed by atoms with Gasteiger partial charge in [0.25, 0.3) is 0 Å². The number of hydrogen-bond acceptors (Lipinski definition) is 4. The monoisotopic (exact) mass is 226 g/mol. The summed E-state index contributed by atoms with van der Waals surface area (Å²) in [5.41, 5.74) is 0.665. The molecule has 0 saturated carbocycles. The van der Waals surface area contributed by atoms with E-state index in [4.69, 9.17) is 14.2 Å². The number of para-hydroxylation sites is 1. The molecule has 4 nitrogen and oxygen atoms in total. The van der Waals surface area contributed by atoms with Crippen LogP contribution in [0, 0.1) is 0 Å². The van der Waals surface area contributed by atoms with Crippen molar-refractivity contribution in [1.82, 2.24) is 0 Å². The highest BCUT2D eigenvalue weighted by Gasteiger charge is 2.22. The molecule has 0 heterocycles. The van der Waals surface area contributed by atoms with E-state index in [1.54, 1.807) is 6.07 Å². The highest BCUT2D eigenvalue weighted by atomic mass is 16.7. The molecule has 0 aromatic heterocycles. The second-order valence-corrected chi connectivity index (χ2v) is 3.26. The lowest BCUT2D eigenvalue weighted by molar-refractivity contribution is -0.166. The van der Waals surface area contributed by atoms with Gasteiger partial charge >= 0.3 is 0 Å². The van der Waals surface area contributed by atoms with E-state index in [0.29, 0.717) is 17.9 Å². The minimum absolute atomic E-state index is 0.550. The van der Waals surface area contributed by atoms with Gasteiger partial charge in [-0.25, -0.2) is 0 Å². The van der Waals surface area contributed by atoms with Crippen molar-refractivity contribution >= 4 is 0 Å². The summed E-state index contributed by atoms with van der Waals surface area (Å²) < 4.78 is 15.5. The fourth-order valence-corrected chi connectivity index (χ4v) is 1.51. The van der Waals surface area contributed by atoms with Gasteiger partial charge in [-0.3, -0.25) is 0 Å². The predicted octanol–water partition coefficient (Wildman–Crippen LogP) is 1.74. The zero-order chi connectivity index (χ0) is 12.0. The Kier molecular flexibility index (Phi) is 5.25. The fraction of sp³-hybridized carbons (Fsp3) is 0.500. The minimum Gasteiger partial charge on any atom is -0.493 e. The molecule has 1 rings (SSSR count). The largest absolute Gasteiger partial charge is 0.493 e. The zero-order valence-corrected chi connectivity index (χ0v) is 9.84. The molecule has 1 atom stereocenters. The number of benzene rings is 1. The first-order valence-electron chi connectivity index (χ1n) is 5.20. The number of ether oxygens (including phenoxy) is 3. The molecule has 0 radical (unpaired) electrons. The van der Waals surface area contributed by atoms with Gasteiger partial charge in [0, 0.05) is 19.8 Å². The third kappa shape index (κ3) is 2.95. The standard InChI is InChI=1S/C12H18O4/c1-4-16-10-8-6-5-7-9(10)11(13)12(14-2)15-3/h5-8,11-13H,4H2,1-3H3. The Labute approximate surface area is 95.8 Å². The van der Waals surface area contributed by atoms with Crippen molar-refractivity contribution in [2.75, 3.05) is 20.8 Å². The van der Waals surface area contributed by atoms with Gasteiger partial charge in [-0.15, -0.1) is 0 Å². The molecule has 1 aromatic rings. The fourth-order valence-electron chi connectivity index (χ4n) is 1.51. The molecule has 16 heavy (non-hydrogen) atoms. The van der Waals surface area contributed by atoms with Crippen LogP contribution in [-0.2, 0) is 9.47 Å². The van der Waals surface area contributed by atoms with Crippen molar-refractivity contribution in [1.29, 1.82) is 0 Å². The Bertz CT molecular complexity index is 310. The summed E-state index contributed by atoms with van der Waals surface area (Å²) >= 11 is 0. The van der Waals surface area contributed by atoms with Gasteiger partial charge in [-0.2, -0.15) is 0 Å². The predicted molar refractivity (Wildman–Crippen MR) is 60.4 cm³/mol. The van der Waals surface area contributed by atoms with Gasteiger partial charge < -0.3 is 19.3 Å². The first-order valence-corrected chi connectivity index (χ1v) is 5.20. The Morgan fingerprint density at radius 3 is 2.38 bits per heavy atom. The van der Waals surface area contributed by atoms with Crippen LogP contribution in [0.5, 0.6) is 5.75 Å². The molecule has 0 fully saturated rings. The van der Waals surface area contributed by atoms with Crippen LogP contribution >= 0.6 is 0 Å². The number of rotatable bonds is 6. The molecule has 0 aliphatic heterocycles. The maximum Gasteiger partial charge on any atom is 0.187 e. The normalized spacial score (nSPS) is 12.8. The molecule has 0 aliphatic rings. The molecule has 4 heteroatoms. The van der Waals surface area contributed by atoms with Gasteiger partial charge in [-0.05, 0) is 13.0 Å². The van der Waals surface area contributed by atoms with Crippen molar-refractivity contribution in [3.05, 3.63) is 29.8 Å². The highest BCUT2D eigenvalue weighted by Crippen LogP contribution is 2.28. The van der Waals surface area contributed by atoms with Gasteiger partial charge in [-0.1, -0.05) is 18.2 Å². The second-order valence-electron chi connectivity index (χ2n) is 3.26. The molecular formula is C12H18O4. The van der Waals surface area contributed by atoms with Crippen molar-refractivity contribution < 1.29 is 19.3 Å². The summed E-state index contributed by atoms with van der Waals surface area (Å²) in [6.07, 6.45) is -1.56. The van der Waals surface area contributed by atoms with Crippen LogP contribution in [0.3, 0.4) is 0 Å². The van der Waals surface area contributed by atoms with Crippen molar-refractivity contribution in [2.45, 2.75) is 19.3 Å². The summed E-state index contributed by atoms with van der Waals surface area (Å²) in [6, 6.07) is 7.30. The van der Waals surface area contributed by atoms with Gasteiger partial charge in [0.15, 0.2) is 6.29 Å². The average Bonchev–Trinajstić information content (AvgIpc) is 2.31. The first-order chi connectivity index (χ1) is 7.74. The van der Waals surface area contributed by atoms with Crippen LogP contribution in [0.15, 0.2) is 24.3 Å². The maximum atomic E-state index is 10.1. The Morgan fingerprint density at radius 1 is 1.19 bits per heavy atom. The van der Waals surface area contributed by atoms with Crippen LogP contribution in [-0.4, -0.2) is 32.2 Å². The van der Waals surface area contributed by atoms with E-state index in [0.717, 1.165) is 0 Å². The molecule has 1 aromatic carbocycles. The van der Waals surface area contributed by atoms with Gasteiger partial charge in [0.05, 0.1) is 6.61 Å². The van der Waals surface area contributed by atoms with E-state index in [-0.39, 0.29) is 0 Å². The topological polar surface area (TPSA) is 47.9 Å². The van der Waals surface area contributed by atoms with Crippen molar-refractivity contribution in [2.24, 2.45) is 0 Å². The third-order valence-corrected chi connectivity index (χ3v) is 2.26. The van der Waals surface area contributed by atoms with Crippen LogP contribution < -0.4 is 4.74 Å². The van der Waals surface area contributed by atoms with E-state index in [2.05, 4.69) is 0 Å². The van der Waals surface area contributed by atoms with Crippen molar-refractivity contribution in [3.63, 3.8) is 0 Å². The number of aliphatic hydroxyl groups excluding tert-OH is 1. The molecule has 1 N–H and O–H groups in total. The number of methoxy groups -OCH3 is 2. The van der Waals surface area contributed by atoms with E-state index in [1.807, 2.05) is 25.1 Å². The molecule has 90 valence electrons. The molecular weight excluding hydrogens is 208 g/mol. The third-order valence-electron chi connectivity index (χ3n) is 2.26. The summed E-state index contributed by atoms with van der Waals surface area (Å²) in [5.74, 6) is 0.650. The number of aliphatic hydroxyl groups is 1. The zero-order valence-electron chi connectivity index (χ0n) is 9.84. The second kappa shape index (κ2) is 6.48. The lowest BCUT2D eigenvalue weighted by Gasteiger charge is -2.22. The van der Waals surface area contributed by atoms with E-state index in [9.17, 15) is 5.11 Å². The van der Waals surface area contributed by atoms with Crippen LogP contribution in [0.1, 0.15) is 18.6 Å². The van der Waals surface area contributed by atoms with Gasteiger partial charge in [0.2, 0.25) is 0 Å². The Morgan fingerprint density at radius 2 is 1.81 bits per heavy atom. The molecule has 0 aliphatic carbocycles. The Hall–Kier alpha value is -1.10. The summed E-state index contributed by atoms with van der Waals surface area (Å²) in [4.78, 5) is 0. The molecule has 0 saturated heterocycles. The lowest BCUT2D eigenvalue weighted by Crippen LogP contribution is -2.23. The molecule has 0 spiro atoms. The van der Waals surface area contributed by atoms with Crippen LogP contribution in [0.4, 0.5) is 0 Å². The van der Waals surface area contributed by atoms with Crippen molar-refractivity contribution in [3.8, 4) is 5.75 Å². The van der Waals surface area contributed by atoms with Crippen LogP contribution in [0.25, 0.3) is 0 Å².